The third-order valence-electron chi connectivity index (χ3n) is 1.05. The van der Waals surface area contributed by atoms with E-state index >= 15 is 0 Å². The van der Waals surface area contributed by atoms with E-state index in [1.807, 2.05) is 38.1 Å². The van der Waals surface area contributed by atoms with E-state index in [2.05, 4.69) is 19.7 Å². The Labute approximate surface area is 90.5 Å². The van der Waals surface area contributed by atoms with Gasteiger partial charge in [0.15, 0.2) is 0 Å². The van der Waals surface area contributed by atoms with Gasteiger partial charge in [-0.2, -0.15) is 18.2 Å². The third-order valence-corrected chi connectivity index (χ3v) is 1.05. The molecule has 0 aromatic heterocycles. The molecule has 0 spiro atoms. The fourth-order valence-electron chi connectivity index (χ4n) is 0.722. The van der Waals surface area contributed by atoms with Crippen LogP contribution in [0.5, 0.6) is 5.75 Å². The first-order valence-corrected chi connectivity index (χ1v) is 10.6. The summed E-state index contributed by atoms with van der Waals surface area (Å²) in [6, 6.07) is 10.5. The van der Waals surface area contributed by atoms with Crippen molar-refractivity contribution in [3.8, 4) is 5.75 Å². The van der Waals surface area contributed by atoms with Gasteiger partial charge in [0.1, 0.15) is 0 Å². The second kappa shape index (κ2) is 7.76. The zero-order chi connectivity index (χ0) is 9.40. The van der Waals surface area contributed by atoms with Gasteiger partial charge in [-0.05, 0) is 13.8 Å². The van der Waals surface area contributed by atoms with E-state index in [-0.39, 0.29) is 6.10 Å². The number of hydrogen-bond acceptors (Lipinski definition) is 1. The maximum atomic E-state index is 5.38. The van der Waals surface area contributed by atoms with Crippen LogP contribution in [0.2, 0.25) is 0 Å². The summed E-state index contributed by atoms with van der Waals surface area (Å²) in [5.41, 5.74) is 0. The molecule has 0 N–H and O–H groups in total. The number of hydrogen-bond donors (Lipinski definition) is 0. The monoisotopic (exact) mass is 278 g/mol. The first kappa shape index (κ1) is 12.1. The second-order valence-corrected chi connectivity index (χ2v) is 2.41. The van der Waals surface area contributed by atoms with Gasteiger partial charge in [-0.1, -0.05) is 0 Å². The third kappa shape index (κ3) is 5.73. The molecule has 0 aliphatic rings. The molecule has 0 radical (unpaired) electrons. The number of ether oxygens (including phenoxy) is 1. The minimum absolute atomic E-state index is 0.246. The molecular weight excluding hydrogens is 269 g/mol. The van der Waals surface area contributed by atoms with Crippen LogP contribution < -0.4 is 4.74 Å². The fourth-order valence-corrected chi connectivity index (χ4v) is 0.722. The van der Waals surface area contributed by atoms with Gasteiger partial charge < -0.3 is 4.74 Å². The number of benzene rings is 1. The standard InChI is InChI=1S/C9H11O.BrH.Zn/c1-8(2)10-9-6-4-3-5-7-9;;/h3-4,6-8H,1-2H3;1H;/q-1;;+2/p-1. The van der Waals surface area contributed by atoms with Crippen molar-refractivity contribution in [2.45, 2.75) is 20.0 Å². The predicted octanol–water partition coefficient (Wildman–Crippen LogP) is 3.12. The molecule has 62 valence electrons. The zero-order valence-corrected chi connectivity index (χ0v) is 11.9. The molecule has 0 heterocycles. The Kier molecular flexibility index (Phi) is 7.84. The summed E-state index contributed by atoms with van der Waals surface area (Å²) in [6.45, 7) is 4.01. The molecule has 0 fully saturated rings. The van der Waals surface area contributed by atoms with Crippen molar-refractivity contribution < 1.29 is 21.1 Å². The normalized spacial score (nSPS) is 8.83. The molecule has 1 aromatic rings. The van der Waals surface area contributed by atoms with Crippen molar-refractivity contribution in [1.29, 1.82) is 0 Å². The van der Waals surface area contributed by atoms with E-state index in [1.165, 1.54) is 16.3 Å². The van der Waals surface area contributed by atoms with Crippen molar-refractivity contribution in [3.05, 3.63) is 30.3 Å². The van der Waals surface area contributed by atoms with E-state index in [4.69, 9.17) is 4.74 Å². The van der Waals surface area contributed by atoms with Gasteiger partial charge in [-0.3, -0.25) is 0 Å². The summed E-state index contributed by atoms with van der Waals surface area (Å²) >= 11 is 4.25. The van der Waals surface area contributed by atoms with Gasteiger partial charge >= 0.3 is 30.0 Å². The van der Waals surface area contributed by atoms with E-state index in [0.717, 1.165) is 5.75 Å². The van der Waals surface area contributed by atoms with E-state index in [1.54, 1.807) is 0 Å². The summed E-state index contributed by atoms with van der Waals surface area (Å²) in [5.74, 6) is 0.887. The molecule has 0 aliphatic heterocycles. The van der Waals surface area contributed by atoms with Gasteiger partial charge in [0.25, 0.3) is 0 Å². The van der Waals surface area contributed by atoms with E-state index < -0.39 is 0 Å². The van der Waals surface area contributed by atoms with Crippen LogP contribution in [0, 0.1) is 6.07 Å². The van der Waals surface area contributed by atoms with Gasteiger partial charge in [-0.25, -0.2) is 0 Å². The van der Waals surface area contributed by atoms with E-state index in [0.29, 0.717) is 0 Å². The molecule has 12 heavy (non-hydrogen) atoms. The van der Waals surface area contributed by atoms with Crippen LogP contribution in [0.1, 0.15) is 13.8 Å². The van der Waals surface area contributed by atoms with Crippen molar-refractivity contribution >= 4 is 13.6 Å². The maximum absolute atomic E-state index is 5.38. The molecule has 0 saturated heterocycles. The van der Waals surface area contributed by atoms with Crippen molar-refractivity contribution in [2.75, 3.05) is 0 Å². The quantitative estimate of drug-likeness (QED) is 0.597. The molecule has 1 rings (SSSR count). The van der Waals surface area contributed by atoms with Crippen LogP contribution in [0.15, 0.2) is 24.3 Å². The van der Waals surface area contributed by atoms with Crippen LogP contribution in [0.4, 0.5) is 0 Å². The van der Waals surface area contributed by atoms with Crippen molar-refractivity contribution in [2.24, 2.45) is 0 Å². The second-order valence-electron chi connectivity index (χ2n) is 2.41. The molecule has 0 amide bonds. The zero-order valence-electron chi connectivity index (χ0n) is 7.38. The van der Waals surface area contributed by atoms with Crippen LogP contribution in [-0.4, -0.2) is 6.10 Å². The fraction of sp³-hybridized carbons (Fsp3) is 0.333. The summed E-state index contributed by atoms with van der Waals surface area (Å²) in [5, 5.41) is 0. The molecule has 3 heteroatoms. The summed E-state index contributed by atoms with van der Waals surface area (Å²) in [4.78, 5) is 0. The summed E-state index contributed by atoms with van der Waals surface area (Å²) in [7, 11) is 0. The molecule has 0 unspecified atom stereocenters. The molecule has 0 saturated carbocycles. The number of halogens is 1. The first-order valence-electron chi connectivity index (χ1n) is 3.68. The predicted molar refractivity (Wildman–Crippen MR) is 50.0 cm³/mol. The molecule has 1 aromatic carbocycles. The van der Waals surface area contributed by atoms with Crippen molar-refractivity contribution in [1.82, 2.24) is 0 Å². The van der Waals surface area contributed by atoms with Crippen LogP contribution >= 0.6 is 13.6 Å². The Bertz CT molecular complexity index is 189. The van der Waals surface area contributed by atoms with Crippen molar-refractivity contribution in [3.63, 3.8) is 0 Å². The average Bonchev–Trinajstić information content (AvgIpc) is 2.08. The summed E-state index contributed by atoms with van der Waals surface area (Å²) in [6.07, 6.45) is 0.246. The Morgan fingerprint density at radius 2 is 2.17 bits per heavy atom. The Hall–Kier alpha value is 0.123. The SMILES string of the molecule is CC(C)Oc1c[c-]ccc1.[Zn+][Br]. The van der Waals surface area contributed by atoms with Crippen LogP contribution in [0.3, 0.4) is 0 Å². The minimum atomic E-state index is 0.246. The van der Waals surface area contributed by atoms with E-state index in [9.17, 15) is 0 Å². The molecule has 1 nitrogen and oxygen atoms in total. The molecular formula is C9H11BrOZn. The molecule has 0 bridgehead atoms. The Morgan fingerprint density at radius 3 is 2.58 bits per heavy atom. The number of rotatable bonds is 2. The van der Waals surface area contributed by atoms with Gasteiger partial charge in [0, 0.05) is 5.75 Å². The van der Waals surface area contributed by atoms with Crippen LogP contribution in [0.25, 0.3) is 0 Å². The molecule has 0 aliphatic carbocycles. The van der Waals surface area contributed by atoms with Gasteiger partial charge in [-0.15, -0.1) is 12.1 Å². The average molecular weight is 280 g/mol. The Morgan fingerprint density at radius 1 is 1.50 bits per heavy atom. The molecule has 0 atom stereocenters. The summed E-state index contributed by atoms with van der Waals surface area (Å²) < 4.78 is 5.38. The Balaban J connectivity index is 0.000000561. The topological polar surface area (TPSA) is 9.23 Å². The van der Waals surface area contributed by atoms with Gasteiger partial charge in [0.2, 0.25) is 0 Å². The van der Waals surface area contributed by atoms with Gasteiger partial charge in [0.05, 0.1) is 6.10 Å². The first-order chi connectivity index (χ1) is 5.79. The van der Waals surface area contributed by atoms with Crippen LogP contribution in [-0.2, 0) is 16.3 Å².